The maximum Gasteiger partial charge on any atom is 0.270 e. The summed E-state index contributed by atoms with van der Waals surface area (Å²) < 4.78 is 1.91. The molecule has 0 bridgehead atoms. The first-order valence-electron chi connectivity index (χ1n) is 6.88. The fourth-order valence-electron chi connectivity index (χ4n) is 2.28. The van der Waals surface area contributed by atoms with Crippen LogP contribution in [0.25, 0.3) is 10.9 Å². The van der Waals surface area contributed by atoms with E-state index in [2.05, 4.69) is 20.9 Å². The van der Waals surface area contributed by atoms with Crippen LogP contribution >= 0.6 is 15.9 Å². The Morgan fingerprint density at radius 1 is 1.25 bits per heavy atom. The second kappa shape index (κ2) is 6.32. The summed E-state index contributed by atoms with van der Waals surface area (Å²) >= 11 is 3.29. The monoisotopic (exact) mass is 387 g/mol. The Morgan fingerprint density at radius 2 is 2.04 bits per heavy atom. The van der Waals surface area contributed by atoms with Crippen LogP contribution < -0.4 is 5.56 Å². The summed E-state index contributed by atoms with van der Waals surface area (Å²) in [6.07, 6.45) is 1.27. The van der Waals surface area contributed by atoms with Crippen molar-refractivity contribution in [2.24, 2.45) is 0 Å². The predicted octanol–water partition coefficient (Wildman–Crippen LogP) is 2.95. The van der Waals surface area contributed by atoms with Gasteiger partial charge in [-0.05, 0) is 18.2 Å². The van der Waals surface area contributed by atoms with Crippen LogP contribution in [0.4, 0.5) is 5.69 Å². The van der Waals surface area contributed by atoms with Crippen LogP contribution in [0.3, 0.4) is 0 Å². The molecule has 0 amide bonds. The minimum atomic E-state index is -0.580. The molecule has 0 fully saturated rings. The highest BCUT2D eigenvalue weighted by Crippen LogP contribution is 2.16. The molecule has 2 aromatic carbocycles. The molecule has 0 unspecified atom stereocenters. The maximum absolute atomic E-state index is 12.5. The van der Waals surface area contributed by atoms with Gasteiger partial charge in [-0.1, -0.05) is 28.1 Å². The third kappa shape index (κ3) is 3.09. The molecule has 0 aliphatic rings. The number of hydrogen-bond acceptors (Lipinski definition) is 5. The summed E-state index contributed by atoms with van der Waals surface area (Å²) in [6.45, 7) is -0.194. The van der Waals surface area contributed by atoms with Crippen molar-refractivity contribution in [3.05, 3.63) is 79.3 Å². The summed E-state index contributed by atoms with van der Waals surface area (Å²) in [6, 6.07) is 10.7. The molecule has 0 saturated carbocycles. The Bertz CT molecular complexity index is 1030. The molecule has 0 N–H and O–H groups in total. The zero-order valence-corrected chi connectivity index (χ0v) is 13.8. The van der Waals surface area contributed by atoms with Gasteiger partial charge in [0.15, 0.2) is 5.78 Å². The third-order valence-electron chi connectivity index (χ3n) is 3.48. The largest absolute Gasteiger partial charge is 0.292 e. The number of fused-ring (bicyclic) bond motifs is 1. The minimum absolute atomic E-state index is 0.105. The Morgan fingerprint density at radius 3 is 2.75 bits per heavy atom. The van der Waals surface area contributed by atoms with Crippen LogP contribution in [-0.4, -0.2) is 20.3 Å². The number of benzene rings is 2. The molecule has 0 aliphatic heterocycles. The molecule has 0 spiro atoms. The molecule has 120 valence electrons. The van der Waals surface area contributed by atoms with Crippen LogP contribution in [0.5, 0.6) is 0 Å². The summed E-state index contributed by atoms with van der Waals surface area (Å²) in [4.78, 5) is 39.1. The lowest BCUT2D eigenvalue weighted by molar-refractivity contribution is -0.384. The van der Waals surface area contributed by atoms with E-state index in [1.54, 1.807) is 24.3 Å². The van der Waals surface area contributed by atoms with E-state index in [1.807, 2.05) is 0 Å². The molecule has 0 atom stereocenters. The highest BCUT2D eigenvalue weighted by atomic mass is 79.9. The van der Waals surface area contributed by atoms with Crippen molar-refractivity contribution in [3.8, 4) is 0 Å². The summed E-state index contributed by atoms with van der Waals surface area (Å²) in [5.41, 5.74) is 0.108. The average molecular weight is 388 g/mol. The van der Waals surface area contributed by atoms with Crippen LogP contribution in [-0.2, 0) is 6.54 Å². The first kappa shape index (κ1) is 16.0. The number of aromatic nitrogens is 2. The van der Waals surface area contributed by atoms with E-state index in [4.69, 9.17) is 0 Å². The number of ketones is 1. The zero-order chi connectivity index (χ0) is 17.3. The van der Waals surface area contributed by atoms with E-state index in [1.165, 1.54) is 24.5 Å². The van der Waals surface area contributed by atoms with Gasteiger partial charge < -0.3 is 0 Å². The summed E-state index contributed by atoms with van der Waals surface area (Å²) in [5.74, 6) is -0.259. The van der Waals surface area contributed by atoms with Gasteiger partial charge in [0.1, 0.15) is 0 Å². The number of nitrogens with zero attached hydrogens (tertiary/aromatic N) is 3. The van der Waals surface area contributed by atoms with Gasteiger partial charge in [0.2, 0.25) is 0 Å². The van der Waals surface area contributed by atoms with Gasteiger partial charge in [-0.2, -0.15) is 0 Å². The van der Waals surface area contributed by atoms with Crippen LogP contribution in [0.15, 0.2) is 58.1 Å². The Labute approximate surface area is 143 Å². The number of nitro benzene ring substituents is 1. The number of carbonyl (C=O) groups is 1. The molecule has 8 heteroatoms. The van der Waals surface area contributed by atoms with Crippen LogP contribution in [0, 0.1) is 10.1 Å². The first-order valence-corrected chi connectivity index (χ1v) is 7.67. The highest BCUT2D eigenvalue weighted by molar-refractivity contribution is 9.10. The van der Waals surface area contributed by atoms with Gasteiger partial charge in [0.05, 0.1) is 28.7 Å². The van der Waals surface area contributed by atoms with E-state index < -0.39 is 10.5 Å². The molecule has 3 rings (SSSR count). The molecular weight excluding hydrogens is 378 g/mol. The lowest BCUT2D eigenvalue weighted by atomic mass is 10.1. The average Bonchev–Trinajstić information content (AvgIpc) is 2.57. The van der Waals surface area contributed by atoms with E-state index in [9.17, 15) is 19.7 Å². The quantitative estimate of drug-likeness (QED) is 0.389. The zero-order valence-electron chi connectivity index (χ0n) is 12.2. The van der Waals surface area contributed by atoms with E-state index in [0.717, 1.165) is 9.04 Å². The van der Waals surface area contributed by atoms with Gasteiger partial charge in [-0.25, -0.2) is 4.98 Å². The lowest BCUT2D eigenvalue weighted by Crippen LogP contribution is -2.24. The number of hydrogen-bond donors (Lipinski definition) is 0. The maximum atomic E-state index is 12.5. The fraction of sp³-hybridized carbons (Fsp3) is 0.0625. The highest BCUT2D eigenvalue weighted by Gasteiger charge is 2.13. The van der Waals surface area contributed by atoms with Crippen LogP contribution in [0.1, 0.15) is 10.4 Å². The van der Waals surface area contributed by atoms with Crippen molar-refractivity contribution < 1.29 is 9.72 Å². The number of non-ortho nitro benzene ring substituents is 1. The van der Waals surface area contributed by atoms with Crippen molar-refractivity contribution in [1.82, 2.24) is 9.55 Å². The topological polar surface area (TPSA) is 95.1 Å². The van der Waals surface area contributed by atoms with Crippen molar-refractivity contribution in [1.29, 1.82) is 0 Å². The Hall–Kier alpha value is -2.87. The summed E-state index contributed by atoms with van der Waals surface area (Å²) in [7, 11) is 0. The molecule has 0 radical (unpaired) electrons. The molecular formula is C16H10BrN3O4. The van der Waals surface area contributed by atoms with Crippen molar-refractivity contribution in [2.75, 3.05) is 0 Å². The number of halogens is 1. The second-order valence-electron chi connectivity index (χ2n) is 5.07. The van der Waals surface area contributed by atoms with Gasteiger partial charge in [0, 0.05) is 22.2 Å². The standard InChI is InChI=1S/C16H10BrN3O4/c17-11-3-1-2-10(6-11)15(21)8-19-9-18-14-5-4-12(20(23)24)7-13(14)16(19)22/h1-7,9H,8H2. The molecule has 7 nitrogen and oxygen atoms in total. The SMILES string of the molecule is O=C(Cn1cnc2ccc([N+](=O)[O-])cc2c1=O)c1cccc(Br)c1. The van der Waals surface area contributed by atoms with Gasteiger partial charge in [-0.3, -0.25) is 24.3 Å². The number of nitro groups is 1. The van der Waals surface area contributed by atoms with Crippen molar-refractivity contribution in [2.45, 2.75) is 6.54 Å². The van der Waals surface area contributed by atoms with Gasteiger partial charge >= 0.3 is 0 Å². The molecule has 1 heterocycles. The lowest BCUT2D eigenvalue weighted by Gasteiger charge is -2.06. The normalized spacial score (nSPS) is 10.7. The number of rotatable bonds is 4. The first-order chi connectivity index (χ1) is 11.5. The molecule has 0 aliphatic carbocycles. The minimum Gasteiger partial charge on any atom is -0.292 e. The Balaban J connectivity index is 2.01. The molecule has 3 aromatic rings. The van der Waals surface area contributed by atoms with Gasteiger partial charge in [0.25, 0.3) is 11.2 Å². The Kier molecular flexibility index (Phi) is 4.22. The summed E-state index contributed by atoms with van der Waals surface area (Å²) in [5, 5.41) is 11.0. The fourth-order valence-corrected chi connectivity index (χ4v) is 2.68. The second-order valence-corrected chi connectivity index (χ2v) is 5.99. The third-order valence-corrected chi connectivity index (χ3v) is 3.97. The van der Waals surface area contributed by atoms with Crippen LogP contribution in [0.2, 0.25) is 0 Å². The number of carbonyl (C=O) groups excluding carboxylic acids is 1. The van der Waals surface area contributed by atoms with Gasteiger partial charge in [-0.15, -0.1) is 0 Å². The molecule has 0 saturated heterocycles. The smallest absolute Gasteiger partial charge is 0.270 e. The van der Waals surface area contributed by atoms with E-state index >= 15 is 0 Å². The van der Waals surface area contributed by atoms with Crippen molar-refractivity contribution in [3.63, 3.8) is 0 Å². The number of Topliss-reactive ketones (excluding diaryl/α,β-unsaturated/α-hetero) is 1. The predicted molar refractivity (Wildman–Crippen MR) is 91.1 cm³/mol. The molecule has 1 aromatic heterocycles. The van der Waals surface area contributed by atoms with Crippen molar-refractivity contribution >= 4 is 38.3 Å². The van der Waals surface area contributed by atoms with E-state index in [0.29, 0.717) is 11.1 Å². The van der Waals surface area contributed by atoms with E-state index in [-0.39, 0.29) is 23.4 Å². The molecule has 24 heavy (non-hydrogen) atoms.